The lowest BCUT2D eigenvalue weighted by atomic mass is 9.86. The Bertz CT molecular complexity index is 545. The van der Waals surface area contributed by atoms with E-state index in [1.165, 1.54) is 0 Å². The Morgan fingerprint density at radius 3 is 2.39 bits per heavy atom. The minimum Gasteiger partial charge on any atom is -0.392 e. The van der Waals surface area contributed by atoms with Crippen molar-refractivity contribution >= 4 is 32.9 Å². The molecule has 0 aliphatic heterocycles. The minimum absolute atomic E-state index is 0.0456. The fourth-order valence-electron chi connectivity index (χ4n) is 1.62. The fourth-order valence-corrected chi connectivity index (χ4v) is 3.04. The molecule has 1 aromatic rings. The quantitative estimate of drug-likeness (QED) is 0.831. The summed E-state index contributed by atoms with van der Waals surface area (Å²) >= 11 is 4.62. The molecule has 1 rings (SSSR count). The van der Waals surface area contributed by atoms with E-state index in [1.807, 2.05) is 32.9 Å². The van der Waals surface area contributed by atoms with Gasteiger partial charge in [0.2, 0.25) is 10.0 Å². The standard InChI is InChI=1S/C12H18N2O2S2/c1-12(2,3)9-6-4-5-7-10(9)14-18(15,16)8-11(13)17/h4-7,14H,8H2,1-3H3,(H2,13,17). The molecular formula is C12H18N2O2S2. The van der Waals surface area contributed by atoms with E-state index in [4.69, 9.17) is 5.73 Å². The zero-order chi connectivity index (χ0) is 14.0. The van der Waals surface area contributed by atoms with Gasteiger partial charge in [-0.05, 0) is 17.0 Å². The predicted octanol–water partition coefficient (Wildman–Crippen LogP) is 2.01. The smallest absolute Gasteiger partial charge is 0.239 e. The number of anilines is 1. The molecular weight excluding hydrogens is 268 g/mol. The molecule has 0 aliphatic rings. The first-order valence-electron chi connectivity index (χ1n) is 5.50. The Labute approximate surface area is 114 Å². The topological polar surface area (TPSA) is 72.2 Å². The third-order valence-electron chi connectivity index (χ3n) is 2.33. The summed E-state index contributed by atoms with van der Waals surface area (Å²) in [4.78, 5) is -0.0456. The number of hydrogen-bond acceptors (Lipinski definition) is 3. The molecule has 0 aliphatic carbocycles. The highest BCUT2D eigenvalue weighted by Gasteiger charge is 2.20. The van der Waals surface area contributed by atoms with Crippen molar-refractivity contribution in [1.29, 1.82) is 0 Å². The highest BCUT2D eigenvalue weighted by molar-refractivity contribution is 7.95. The summed E-state index contributed by atoms with van der Waals surface area (Å²) in [6.45, 7) is 6.06. The molecule has 0 saturated heterocycles. The lowest BCUT2D eigenvalue weighted by Crippen LogP contribution is -2.27. The number of rotatable bonds is 4. The zero-order valence-electron chi connectivity index (χ0n) is 10.7. The van der Waals surface area contributed by atoms with E-state index in [0.29, 0.717) is 5.69 Å². The van der Waals surface area contributed by atoms with Gasteiger partial charge in [-0.3, -0.25) is 4.72 Å². The van der Waals surface area contributed by atoms with Gasteiger partial charge in [-0.1, -0.05) is 51.2 Å². The van der Waals surface area contributed by atoms with Crippen LogP contribution in [0.4, 0.5) is 5.69 Å². The Morgan fingerprint density at radius 2 is 1.89 bits per heavy atom. The molecule has 18 heavy (non-hydrogen) atoms. The van der Waals surface area contributed by atoms with Crippen molar-refractivity contribution in [2.75, 3.05) is 10.5 Å². The van der Waals surface area contributed by atoms with Crippen LogP contribution in [0, 0.1) is 0 Å². The molecule has 0 amide bonds. The number of benzene rings is 1. The van der Waals surface area contributed by atoms with Crippen molar-refractivity contribution in [1.82, 2.24) is 0 Å². The van der Waals surface area contributed by atoms with Crippen molar-refractivity contribution in [3.8, 4) is 0 Å². The molecule has 0 radical (unpaired) electrons. The van der Waals surface area contributed by atoms with Crippen LogP contribution in [0.5, 0.6) is 0 Å². The second-order valence-corrected chi connectivity index (χ2v) is 7.37. The Kier molecular flexibility index (Phi) is 4.34. The van der Waals surface area contributed by atoms with Crippen LogP contribution in [0.3, 0.4) is 0 Å². The van der Waals surface area contributed by atoms with E-state index in [9.17, 15) is 8.42 Å². The van der Waals surface area contributed by atoms with E-state index >= 15 is 0 Å². The van der Waals surface area contributed by atoms with Crippen LogP contribution >= 0.6 is 12.2 Å². The summed E-state index contributed by atoms with van der Waals surface area (Å²) in [5.74, 6) is -0.346. The van der Waals surface area contributed by atoms with Crippen LogP contribution in [0.15, 0.2) is 24.3 Å². The van der Waals surface area contributed by atoms with Gasteiger partial charge in [-0.2, -0.15) is 0 Å². The molecule has 0 spiro atoms. The molecule has 0 atom stereocenters. The van der Waals surface area contributed by atoms with Crippen molar-refractivity contribution in [2.45, 2.75) is 26.2 Å². The first-order chi connectivity index (χ1) is 8.12. The normalized spacial score (nSPS) is 12.2. The van der Waals surface area contributed by atoms with Crippen molar-refractivity contribution in [2.24, 2.45) is 5.73 Å². The summed E-state index contributed by atoms with van der Waals surface area (Å²) in [5, 5.41) is 0. The number of nitrogens with two attached hydrogens (primary N) is 1. The maximum absolute atomic E-state index is 11.8. The molecule has 0 heterocycles. The van der Waals surface area contributed by atoms with E-state index in [0.717, 1.165) is 5.56 Å². The molecule has 0 unspecified atom stereocenters. The molecule has 6 heteroatoms. The van der Waals surface area contributed by atoms with Gasteiger partial charge in [0.15, 0.2) is 0 Å². The molecule has 0 aromatic heterocycles. The maximum atomic E-state index is 11.8. The molecule has 0 saturated carbocycles. The van der Waals surface area contributed by atoms with Crippen molar-refractivity contribution < 1.29 is 8.42 Å². The SMILES string of the molecule is CC(C)(C)c1ccccc1NS(=O)(=O)CC(N)=S. The lowest BCUT2D eigenvalue weighted by Gasteiger charge is -2.23. The van der Waals surface area contributed by atoms with Gasteiger partial charge >= 0.3 is 0 Å². The predicted molar refractivity (Wildman–Crippen MR) is 79.3 cm³/mol. The van der Waals surface area contributed by atoms with Crippen molar-refractivity contribution in [3.63, 3.8) is 0 Å². The van der Waals surface area contributed by atoms with Crippen LogP contribution in [-0.2, 0) is 15.4 Å². The van der Waals surface area contributed by atoms with Gasteiger partial charge in [0.25, 0.3) is 0 Å². The lowest BCUT2D eigenvalue weighted by molar-refractivity contribution is 0.591. The molecule has 4 nitrogen and oxygen atoms in total. The average Bonchev–Trinajstić information content (AvgIpc) is 2.13. The maximum Gasteiger partial charge on any atom is 0.239 e. The number of para-hydroxylation sites is 1. The van der Waals surface area contributed by atoms with E-state index in [-0.39, 0.29) is 16.2 Å². The van der Waals surface area contributed by atoms with Gasteiger partial charge in [0, 0.05) is 0 Å². The third kappa shape index (κ3) is 4.27. The first-order valence-corrected chi connectivity index (χ1v) is 7.56. The van der Waals surface area contributed by atoms with E-state index in [2.05, 4.69) is 16.9 Å². The Morgan fingerprint density at radius 1 is 1.33 bits per heavy atom. The Balaban J connectivity index is 3.09. The summed E-state index contributed by atoms with van der Waals surface area (Å²) in [5.41, 5.74) is 6.62. The molecule has 0 fully saturated rings. The average molecular weight is 286 g/mol. The van der Waals surface area contributed by atoms with E-state index in [1.54, 1.807) is 12.1 Å². The van der Waals surface area contributed by atoms with Crippen LogP contribution in [0.1, 0.15) is 26.3 Å². The monoisotopic (exact) mass is 286 g/mol. The van der Waals surface area contributed by atoms with Gasteiger partial charge in [0.1, 0.15) is 5.75 Å². The van der Waals surface area contributed by atoms with Gasteiger partial charge in [0.05, 0.1) is 10.7 Å². The minimum atomic E-state index is -3.53. The highest BCUT2D eigenvalue weighted by atomic mass is 32.2. The first kappa shape index (κ1) is 14.9. The van der Waals surface area contributed by atoms with Crippen LogP contribution < -0.4 is 10.5 Å². The molecule has 100 valence electrons. The third-order valence-corrected chi connectivity index (χ3v) is 3.88. The summed E-state index contributed by atoms with van der Waals surface area (Å²) in [6, 6.07) is 7.30. The summed E-state index contributed by atoms with van der Waals surface area (Å²) in [6.07, 6.45) is 0. The summed E-state index contributed by atoms with van der Waals surface area (Å²) in [7, 11) is -3.53. The summed E-state index contributed by atoms with van der Waals surface area (Å²) < 4.78 is 26.2. The van der Waals surface area contributed by atoms with Gasteiger partial charge in [-0.25, -0.2) is 8.42 Å². The number of sulfonamides is 1. The van der Waals surface area contributed by atoms with Crippen LogP contribution in [-0.4, -0.2) is 19.2 Å². The fraction of sp³-hybridized carbons (Fsp3) is 0.417. The molecule has 0 bridgehead atoms. The van der Waals surface area contributed by atoms with Gasteiger partial charge < -0.3 is 5.73 Å². The van der Waals surface area contributed by atoms with Crippen molar-refractivity contribution in [3.05, 3.63) is 29.8 Å². The zero-order valence-corrected chi connectivity index (χ0v) is 12.4. The highest BCUT2D eigenvalue weighted by Crippen LogP contribution is 2.29. The second kappa shape index (κ2) is 5.24. The van der Waals surface area contributed by atoms with Crippen LogP contribution in [0.2, 0.25) is 0 Å². The molecule has 3 N–H and O–H groups in total. The second-order valence-electron chi connectivity index (χ2n) is 5.12. The number of hydrogen-bond donors (Lipinski definition) is 2. The number of nitrogens with one attached hydrogen (secondary N) is 1. The molecule has 1 aromatic carbocycles. The largest absolute Gasteiger partial charge is 0.392 e. The van der Waals surface area contributed by atoms with E-state index < -0.39 is 10.0 Å². The van der Waals surface area contributed by atoms with Gasteiger partial charge in [-0.15, -0.1) is 0 Å². The number of thiocarbonyl (C=S) groups is 1. The van der Waals surface area contributed by atoms with Crippen LogP contribution in [0.25, 0.3) is 0 Å². The Hall–Kier alpha value is -1.14.